The highest BCUT2D eigenvalue weighted by Gasteiger charge is 2.31. The molecule has 2 aliphatic rings. The third kappa shape index (κ3) is 6.67. The van der Waals surface area contributed by atoms with Crippen molar-refractivity contribution in [2.45, 2.75) is 37.8 Å². The maximum atomic E-state index is 12.7. The lowest BCUT2D eigenvalue weighted by molar-refractivity contribution is -0.274. The van der Waals surface area contributed by atoms with Crippen LogP contribution < -0.4 is 15.2 Å². The molecular weight excluding hydrogens is 533 g/mol. The fourth-order valence-corrected chi connectivity index (χ4v) is 5.32. The number of nitrogens with zero attached hydrogens (tertiary/aromatic N) is 3. The summed E-state index contributed by atoms with van der Waals surface area (Å²) in [5.74, 6) is 1.44. The fourth-order valence-electron chi connectivity index (χ4n) is 4.57. The lowest BCUT2D eigenvalue weighted by Gasteiger charge is -2.32. The van der Waals surface area contributed by atoms with Crippen molar-refractivity contribution < 1.29 is 32.2 Å². The number of aromatic nitrogens is 2. The Morgan fingerprint density at radius 2 is 1.77 bits per heavy atom. The zero-order chi connectivity index (χ0) is 27.6. The lowest BCUT2D eigenvalue weighted by atomic mass is 10.0. The summed E-state index contributed by atoms with van der Waals surface area (Å²) in [7, 11) is 0. The zero-order valence-electron chi connectivity index (χ0n) is 20.9. The van der Waals surface area contributed by atoms with Gasteiger partial charge in [-0.05, 0) is 35.4 Å². The van der Waals surface area contributed by atoms with E-state index in [-0.39, 0.29) is 29.7 Å². The van der Waals surface area contributed by atoms with Crippen LogP contribution in [0.5, 0.6) is 11.5 Å². The normalized spacial score (nSPS) is 16.5. The van der Waals surface area contributed by atoms with Crippen LogP contribution in [0.1, 0.15) is 34.8 Å². The third-order valence-corrected chi connectivity index (χ3v) is 8.02. The van der Waals surface area contributed by atoms with Crippen molar-refractivity contribution in [2.75, 3.05) is 24.6 Å². The molecule has 1 aromatic heterocycles. The molecular formula is C27H27F3N4O4S. The highest BCUT2D eigenvalue weighted by atomic mass is 32.2. The third-order valence-electron chi connectivity index (χ3n) is 6.78. The molecule has 39 heavy (non-hydrogen) atoms. The van der Waals surface area contributed by atoms with Crippen molar-refractivity contribution in [3.05, 3.63) is 66.0 Å². The summed E-state index contributed by atoms with van der Waals surface area (Å²) in [6, 6.07) is 11.0. The summed E-state index contributed by atoms with van der Waals surface area (Å²) >= 11 is 1.88. The molecule has 2 amide bonds. The monoisotopic (exact) mass is 560 g/mol. The predicted molar refractivity (Wildman–Crippen MR) is 140 cm³/mol. The number of halogens is 3. The number of hydrogen-bond donors (Lipinski definition) is 1. The van der Waals surface area contributed by atoms with Crippen LogP contribution in [0.2, 0.25) is 0 Å². The molecule has 2 aliphatic heterocycles. The van der Waals surface area contributed by atoms with Crippen LogP contribution in [0.15, 0.2) is 54.9 Å². The Morgan fingerprint density at radius 1 is 1.05 bits per heavy atom. The van der Waals surface area contributed by atoms with Gasteiger partial charge >= 0.3 is 6.36 Å². The average molecular weight is 561 g/mol. The molecule has 5 rings (SSSR count). The van der Waals surface area contributed by atoms with E-state index in [1.807, 2.05) is 28.7 Å². The molecule has 0 bridgehead atoms. The van der Waals surface area contributed by atoms with Crippen LogP contribution in [-0.2, 0) is 11.2 Å². The minimum absolute atomic E-state index is 0.0707. The molecule has 2 aromatic carbocycles. The summed E-state index contributed by atoms with van der Waals surface area (Å²) in [6.45, 7) is 0.919. The Hall–Kier alpha value is -3.67. The number of alkyl halides is 3. The maximum Gasteiger partial charge on any atom is 0.573 e. The SMILES string of the molecule is NC(=O)c1cc(-c2cnn(C3CSC3)c2)ccc1OC1CCN(C(=O)Cc2ccc(OC(F)(F)F)cc2)CC1. The van der Waals surface area contributed by atoms with Gasteiger partial charge in [0.1, 0.15) is 17.6 Å². The second-order valence-corrected chi connectivity index (χ2v) is 10.6. The first-order valence-electron chi connectivity index (χ1n) is 12.5. The Balaban J connectivity index is 1.16. The molecule has 12 heteroatoms. The number of benzene rings is 2. The number of primary amides is 1. The van der Waals surface area contributed by atoms with E-state index >= 15 is 0 Å². The van der Waals surface area contributed by atoms with E-state index in [1.54, 1.807) is 23.2 Å². The van der Waals surface area contributed by atoms with Crippen LogP contribution in [-0.4, -0.2) is 63.6 Å². The zero-order valence-corrected chi connectivity index (χ0v) is 21.7. The van der Waals surface area contributed by atoms with Crippen LogP contribution >= 0.6 is 11.8 Å². The largest absolute Gasteiger partial charge is 0.573 e. The summed E-state index contributed by atoms with van der Waals surface area (Å²) < 4.78 is 49.0. The molecule has 8 nitrogen and oxygen atoms in total. The molecule has 2 N–H and O–H groups in total. The molecule has 0 radical (unpaired) electrons. The molecule has 2 fully saturated rings. The Labute approximate surface area is 227 Å². The molecule has 0 unspecified atom stereocenters. The summed E-state index contributed by atoms with van der Waals surface area (Å²) in [4.78, 5) is 26.7. The van der Waals surface area contributed by atoms with E-state index in [0.29, 0.717) is 43.3 Å². The van der Waals surface area contributed by atoms with Crippen molar-refractivity contribution in [1.29, 1.82) is 0 Å². The molecule has 0 saturated carbocycles. The number of ether oxygens (including phenoxy) is 2. The summed E-state index contributed by atoms with van der Waals surface area (Å²) in [5.41, 5.74) is 8.27. The number of nitrogens with two attached hydrogens (primary N) is 1. The van der Waals surface area contributed by atoms with E-state index < -0.39 is 12.3 Å². The van der Waals surface area contributed by atoms with E-state index in [0.717, 1.165) is 22.6 Å². The summed E-state index contributed by atoms with van der Waals surface area (Å²) in [6.07, 6.45) is -0.00409. The number of carbonyl (C=O) groups excluding carboxylic acids is 2. The van der Waals surface area contributed by atoms with Crippen LogP contribution in [0, 0.1) is 0 Å². The van der Waals surface area contributed by atoms with Crippen molar-refractivity contribution in [2.24, 2.45) is 5.73 Å². The van der Waals surface area contributed by atoms with Gasteiger partial charge in [-0.1, -0.05) is 18.2 Å². The second kappa shape index (κ2) is 11.2. The lowest BCUT2D eigenvalue weighted by Crippen LogP contribution is -2.42. The second-order valence-electron chi connectivity index (χ2n) is 9.54. The van der Waals surface area contributed by atoms with Crippen LogP contribution in [0.4, 0.5) is 13.2 Å². The van der Waals surface area contributed by atoms with E-state index in [1.165, 1.54) is 24.3 Å². The van der Waals surface area contributed by atoms with Gasteiger partial charge in [0.05, 0.1) is 24.2 Å². The van der Waals surface area contributed by atoms with Crippen molar-refractivity contribution in [3.8, 4) is 22.6 Å². The highest BCUT2D eigenvalue weighted by molar-refractivity contribution is 8.00. The van der Waals surface area contributed by atoms with Crippen molar-refractivity contribution in [1.82, 2.24) is 14.7 Å². The van der Waals surface area contributed by atoms with Gasteiger partial charge in [0, 0.05) is 49.2 Å². The fraction of sp³-hybridized carbons (Fsp3) is 0.370. The molecule has 0 atom stereocenters. The summed E-state index contributed by atoms with van der Waals surface area (Å²) in [5, 5.41) is 4.45. The van der Waals surface area contributed by atoms with Crippen LogP contribution in [0.3, 0.4) is 0 Å². The number of thioether (sulfide) groups is 1. The smallest absolute Gasteiger partial charge is 0.489 e. The molecule has 2 saturated heterocycles. The van der Waals surface area contributed by atoms with Gasteiger partial charge in [-0.3, -0.25) is 14.3 Å². The van der Waals surface area contributed by atoms with Gasteiger partial charge in [-0.15, -0.1) is 13.2 Å². The number of likely N-dealkylation sites (tertiary alicyclic amines) is 1. The number of amides is 2. The maximum absolute atomic E-state index is 12.7. The molecule has 3 aromatic rings. The van der Waals surface area contributed by atoms with Crippen molar-refractivity contribution >= 4 is 23.6 Å². The Bertz CT molecular complexity index is 1330. The first-order chi connectivity index (χ1) is 18.6. The highest BCUT2D eigenvalue weighted by Crippen LogP contribution is 2.32. The first kappa shape index (κ1) is 26.9. The average Bonchev–Trinajstić information content (AvgIpc) is 3.33. The minimum atomic E-state index is -4.76. The quantitative estimate of drug-likeness (QED) is 0.437. The number of piperidine rings is 1. The first-order valence-corrected chi connectivity index (χ1v) is 13.7. The predicted octanol–water partition coefficient (Wildman–Crippen LogP) is 4.45. The molecule has 3 heterocycles. The Morgan fingerprint density at radius 3 is 2.38 bits per heavy atom. The standard InChI is InChI=1S/C27H27F3N4O4S/c28-27(29,30)38-22-4-1-17(2-5-22)11-25(35)33-9-7-21(8-10-33)37-24-6-3-18(12-23(24)26(31)36)19-13-32-34(14-19)20-15-39-16-20/h1-6,12-14,20-21H,7-11,15-16H2,(H2,31,36). The number of rotatable bonds is 8. The van der Waals surface area contributed by atoms with E-state index in [2.05, 4.69) is 9.84 Å². The molecule has 206 valence electrons. The van der Waals surface area contributed by atoms with Gasteiger partial charge < -0.3 is 20.1 Å². The van der Waals surface area contributed by atoms with Gasteiger partial charge in [-0.2, -0.15) is 16.9 Å². The van der Waals surface area contributed by atoms with E-state index in [9.17, 15) is 22.8 Å². The topological polar surface area (TPSA) is 99.7 Å². The minimum Gasteiger partial charge on any atom is -0.489 e. The van der Waals surface area contributed by atoms with Crippen LogP contribution in [0.25, 0.3) is 11.1 Å². The van der Waals surface area contributed by atoms with Gasteiger partial charge in [0.2, 0.25) is 5.91 Å². The van der Waals surface area contributed by atoms with Gasteiger partial charge in [0.15, 0.2) is 0 Å². The molecule has 0 spiro atoms. The molecule has 0 aliphatic carbocycles. The van der Waals surface area contributed by atoms with Gasteiger partial charge in [-0.25, -0.2) is 0 Å². The Kier molecular flexibility index (Phi) is 7.74. The number of carbonyl (C=O) groups is 2. The number of hydrogen-bond acceptors (Lipinski definition) is 6. The van der Waals surface area contributed by atoms with E-state index in [4.69, 9.17) is 10.5 Å². The van der Waals surface area contributed by atoms with Gasteiger partial charge in [0.25, 0.3) is 5.91 Å². The van der Waals surface area contributed by atoms with Crippen molar-refractivity contribution in [3.63, 3.8) is 0 Å².